The largest absolute Gasteiger partial charge is 0.382 e. The summed E-state index contributed by atoms with van der Waals surface area (Å²) in [5.74, 6) is 1.41. The average Bonchev–Trinajstić information content (AvgIpc) is 2.89. The van der Waals surface area contributed by atoms with Crippen LogP contribution in [0.3, 0.4) is 0 Å². The second-order valence-electron chi connectivity index (χ2n) is 3.92. The molecule has 1 aromatic heterocycles. The van der Waals surface area contributed by atoms with Crippen molar-refractivity contribution in [1.82, 2.24) is 15.2 Å². The zero-order valence-corrected chi connectivity index (χ0v) is 10.6. The minimum atomic E-state index is -0.120. The molecule has 0 fully saturated rings. The second-order valence-corrected chi connectivity index (χ2v) is 3.92. The number of hydrogen-bond donors (Lipinski definition) is 1. The molecule has 1 unspecified atom stereocenters. The molecule has 0 spiro atoms. The van der Waals surface area contributed by atoms with Gasteiger partial charge in [0.25, 0.3) is 0 Å². The van der Waals surface area contributed by atoms with Gasteiger partial charge in [0.15, 0.2) is 11.6 Å². The molecule has 0 radical (unpaired) electrons. The van der Waals surface area contributed by atoms with Crippen molar-refractivity contribution in [3.63, 3.8) is 0 Å². The smallest absolute Gasteiger partial charge is 0.181 e. The van der Waals surface area contributed by atoms with Crippen LogP contribution >= 0.6 is 0 Å². The monoisotopic (exact) mass is 247 g/mol. The van der Waals surface area contributed by atoms with Gasteiger partial charge in [-0.15, -0.1) is 0 Å². The highest BCUT2D eigenvalue weighted by Crippen LogP contribution is 2.17. The maximum Gasteiger partial charge on any atom is 0.181 e. The van der Waals surface area contributed by atoms with Gasteiger partial charge >= 0.3 is 0 Å². The molecule has 0 saturated carbocycles. The molecule has 0 aliphatic heterocycles. The lowest BCUT2D eigenvalue weighted by atomic mass is 10.2. The fraction of sp³-hybridized carbons (Fsp3) is 0.385. The maximum atomic E-state index is 5.56. The van der Waals surface area contributed by atoms with E-state index in [1.54, 1.807) is 7.11 Å². The third-order valence-electron chi connectivity index (χ3n) is 2.58. The molecule has 0 aliphatic carbocycles. The lowest BCUT2D eigenvalue weighted by Gasteiger charge is -2.08. The topological polar surface area (TPSA) is 60.0 Å². The fourth-order valence-corrected chi connectivity index (χ4v) is 1.56. The van der Waals surface area contributed by atoms with E-state index in [1.807, 2.05) is 37.3 Å². The van der Waals surface area contributed by atoms with Gasteiger partial charge in [-0.25, -0.2) is 4.98 Å². The van der Waals surface area contributed by atoms with Crippen molar-refractivity contribution in [2.45, 2.75) is 13.0 Å². The van der Waals surface area contributed by atoms with E-state index in [-0.39, 0.29) is 6.10 Å². The van der Waals surface area contributed by atoms with Crippen molar-refractivity contribution in [1.29, 1.82) is 0 Å². The van der Waals surface area contributed by atoms with E-state index in [0.717, 1.165) is 11.4 Å². The minimum Gasteiger partial charge on any atom is -0.382 e. The molecule has 5 nitrogen and oxygen atoms in total. The van der Waals surface area contributed by atoms with Gasteiger partial charge in [0.1, 0.15) is 6.10 Å². The molecule has 2 rings (SSSR count). The summed E-state index contributed by atoms with van der Waals surface area (Å²) in [4.78, 5) is 4.43. The maximum absolute atomic E-state index is 5.56. The Bertz CT molecular complexity index is 470. The summed E-state index contributed by atoms with van der Waals surface area (Å²) in [5, 5.41) is 7.09. The highest BCUT2D eigenvalue weighted by molar-refractivity contribution is 5.53. The number of nitrogens with zero attached hydrogens (tertiary/aromatic N) is 2. The van der Waals surface area contributed by atoms with Crippen molar-refractivity contribution in [3.05, 3.63) is 36.2 Å². The number of benzene rings is 1. The summed E-state index contributed by atoms with van der Waals surface area (Å²) >= 11 is 0. The standard InChI is InChI=1S/C13H17N3O2/c1-10(18-9-8-17-2)12-14-13(16-15-12)11-6-4-3-5-7-11/h3-7,10H,8-9H2,1-2H3,(H,14,15,16). The molecule has 96 valence electrons. The summed E-state index contributed by atoms with van der Waals surface area (Å²) < 4.78 is 10.5. The normalized spacial score (nSPS) is 12.6. The van der Waals surface area contributed by atoms with Crippen molar-refractivity contribution >= 4 is 0 Å². The molecule has 1 aromatic carbocycles. The Morgan fingerprint density at radius 2 is 2.00 bits per heavy atom. The predicted octanol–water partition coefficient (Wildman–Crippen LogP) is 2.20. The van der Waals surface area contributed by atoms with Gasteiger partial charge in [-0.2, -0.15) is 5.10 Å². The summed E-state index contributed by atoms with van der Waals surface area (Å²) in [5.41, 5.74) is 0.990. The lowest BCUT2D eigenvalue weighted by molar-refractivity contribution is 0.0217. The van der Waals surface area contributed by atoms with Crippen LogP contribution in [-0.2, 0) is 9.47 Å². The Kier molecular flexibility index (Phi) is 4.44. The highest BCUT2D eigenvalue weighted by atomic mass is 16.5. The van der Waals surface area contributed by atoms with Gasteiger partial charge in [-0.1, -0.05) is 30.3 Å². The SMILES string of the molecule is COCCOC(C)c1nc(-c2ccccc2)n[nH]1. The van der Waals surface area contributed by atoms with Crippen LogP contribution in [0.5, 0.6) is 0 Å². The number of ether oxygens (including phenoxy) is 2. The second kappa shape index (κ2) is 6.28. The average molecular weight is 247 g/mol. The number of hydrogen-bond acceptors (Lipinski definition) is 4. The van der Waals surface area contributed by atoms with E-state index in [0.29, 0.717) is 19.0 Å². The summed E-state index contributed by atoms with van der Waals surface area (Å²) in [6, 6.07) is 9.84. The Balaban J connectivity index is 2.02. The molecule has 0 amide bonds. The molecular formula is C13H17N3O2. The Labute approximate surface area is 106 Å². The first-order valence-electron chi connectivity index (χ1n) is 5.89. The molecule has 2 aromatic rings. The van der Waals surface area contributed by atoms with Gasteiger partial charge < -0.3 is 9.47 Å². The van der Waals surface area contributed by atoms with Crippen LogP contribution < -0.4 is 0 Å². The van der Waals surface area contributed by atoms with Crippen molar-refractivity contribution in [3.8, 4) is 11.4 Å². The van der Waals surface area contributed by atoms with Gasteiger partial charge in [0.2, 0.25) is 0 Å². The Morgan fingerprint density at radius 3 is 2.72 bits per heavy atom. The predicted molar refractivity (Wildman–Crippen MR) is 68.1 cm³/mol. The lowest BCUT2D eigenvalue weighted by Crippen LogP contribution is -2.07. The Morgan fingerprint density at radius 1 is 1.22 bits per heavy atom. The van der Waals surface area contributed by atoms with Crippen molar-refractivity contribution in [2.75, 3.05) is 20.3 Å². The number of rotatable bonds is 6. The van der Waals surface area contributed by atoms with Gasteiger partial charge in [0, 0.05) is 12.7 Å². The fourth-order valence-electron chi connectivity index (χ4n) is 1.56. The molecule has 1 atom stereocenters. The molecule has 0 saturated heterocycles. The molecule has 18 heavy (non-hydrogen) atoms. The van der Waals surface area contributed by atoms with Crippen molar-refractivity contribution in [2.24, 2.45) is 0 Å². The van der Waals surface area contributed by atoms with Gasteiger partial charge in [0.05, 0.1) is 13.2 Å². The first-order valence-corrected chi connectivity index (χ1v) is 5.89. The van der Waals surface area contributed by atoms with E-state index in [2.05, 4.69) is 15.2 Å². The molecule has 0 aliphatic rings. The zero-order valence-electron chi connectivity index (χ0n) is 10.6. The van der Waals surface area contributed by atoms with Crippen LogP contribution in [0.1, 0.15) is 18.9 Å². The van der Waals surface area contributed by atoms with E-state index in [1.165, 1.54) is 0 Å². The van der Waals surface area contributed by atoms with Crippen LogP contribution in [-0.4, -0.2) is 35.5 Å². The number of aromatic amines is 1. The van der Waals surface area contributed by atoms with E-state index >= 15 is 0 Å². The molecule has 0 bridgehead atoms. The number of aromatic nitrogens is 3. The van der Waals surface area contributed by atoms with Crippen molar-refractivity contribution < 1.29 is 9.47 Å². The van der Waals surface area contributed by atoms with Crippen LogP contribution in [0.15, 0.2) is 30.3 Å². The zero-order chi connectivity index (χ0) is 12.8. The van der Waals surface area contributed by atoms with Gasteiger partial charge in [-0.05, 0) is 6.92 Å². The van der Waals surface area contributed by atoms with Gasteiger partial charge in [-0.3, -0.25) is 5.10 Å². The number of methoxy groups -OCH3 is 1. The van der Waals surface area contributed by atoms with E-state index < -0.39 is 0 Å². The number of H-pyrrole nitrogens is 1. The summed E-state index contributed by atoms with van der Waals surface area (Å²) in [7, 11) is 1.65. The minimum absolute atomic E-state index is 0.120. The highest BCUT2D eigenvalue weighted by Gasteiger charge is 2.12. The third kappa shape index (κ3) is 3.15. The Hall–Kier alpha value is -1.72. The van der Waals surface area contributed by atoms with Crippen LogP contribution in [0.4, 0.5) is 0 Å². The first-order chi connectivity index (χ1) is 8.81. The van der Waals surface area contributed by atoms with E-state index in [4.69, 9.17) is 9.47 Å². The molecule has 1 heterocycles. The van der Waals surface area contributed by atoms with E-state index in [9.17, 15) is 0 Å². The number of nitrogens with one attached hydrogen (secondary N) is 1. The summed E-state index contributed by atoms with van der Waals surface area (Å²) in [6.07, 6.45) is -0.120. The van der Waals surface area contributed by atoms with Crippen LogP contribution in [0, 0.1) is 0 Å². The first kappa shape index (κ1) is 12.7. The van der Waals surface area contributed by atoms with Crippen LogP contribution in [0.2, 0.25) is 0 Å². The molecule has 1 N–H and O–H groups in total. The third-order valence-corrected chi connectivity index (χ3v) is 2.58. The summed E-state index contributed by atoms with van der Waals surface area (Å²) in [6.45, 7) is 3.05. The molecular weight excluding hydrogens is 230 g/mol. The molecule has 5 heteroatoms. The quantitative estimate of drug-likeness (QED) is 0.795. The van der Waals surface area contributed by atoms with Crippen LogP contribution in [0.25, 0.3) is 11.4 Å².